The molecule has 3 aromatic rings. The van der Waals surface area contributed by atoms with Crippen molar-refractivity contribution in [1.82, 2.24) is 5.32 Å². The Morgan fingerprint density at radius 2 is 1.31 bits per heavy atom. The van der Waals surface area contributed by atoms with E-state index in [0.29, 0.717) is 0 Å². The molecular weight excluding hydrogens is 320 g/mol. The standard InChI is InChI=1S/C23H24N2O/c1-17-13-15-21(16-14-17)25-23(26)22(20-11-7-4-8-12-20)24-18(2)19-9-5-3-6-10-19/h3-16,18,22,24H,1-2H3,(H,25,26)/t18-,22+/m1/s1. The van der Waals surface area contributed by atoms with E-state index in [-0.39, 0.29) is 11.9 Å². The van der Waals surface area contributed by atoms with Gasteiger partial charge in [0.25, 0.3) is 0 Å². The molecule has 0 aromatic heterocycles. The molecule has 0 fully saturated rings. The van der Waals surface area contributed by atoms with Crippen LogP contribution in [-0.4, -0.2) is 5.91 Å². The lowest BCUT2D eigenvalue weighted by Gasteiger charge is -2.23. The maximum Gasteiger partial charge on any atom is 0.246 e. The van der Waals surface area contributed by atoms with E-state index in [1.165, 1.54) is 5.56 Å². The van der Waals surface area contributed by atoms with Crippen molar-refractivity contribution in [2.75, 3.05) is 5.32 Å². The van der Waals surface area contributed by atoms with Gasteiger partial charge in [-0.1, -0.05) is 78.4 Å². The summed E-state index contributed by atoms with van der Waals surface area (Å²) in [5.41, 5.74) is 4.06. The van der Waals surface area contributed by atoms with E-state index in [1.54, 1.807) is 0 Å². The number of carbonyl (C=O) groups excluding carboxylic acids is 1. The van der Waals surface area contributed by atoms with E-state index < -0.39 is 6.04 Å². The van der Waals surface area contributed by atoms with Crippen LogP contribution < -0.4 is 10.6 Å². The second-order valence-corrected chi connectivity index (χ2v) is 6.50. The fourth-order valence-corrected chi connectivity index (χ4v) is 2.91. The van der Waals surface area contributed by atoms with E-state index in [0.717, 1.165) is 16.8 Å². The first-order chi connectivity index (χ1) is 12.6. The number of hydrogen-bond acceptors (Lipinski definition) is 2. The van der Waals surface area contributed by atoms with Crippen LogP contribution in [0.15, 0.2) is 84.9 Å². The SMILES string of the molecule is Cc1ccc(NC(=O)[C@@H](N[C@H](C)c2ccccc2)c2ccccc2)cc1. The van der Waals surface area contributed by atoms with Gasteiger partial charge in [0.2, 0.25) is 5.91 Å². The normalized spacial score (nSPS) is 13.0. The summed E-state index contributed by atoms with van der Waals surface area (Å²) in [5, 5.41) is 6.49. The lowest BCUT2D eigenvalue weighted by molar-refractivity contribution is -0.118. The maximum atomic E-state index is 13.0. The van der Waals surface area contributed by atoms with Crippen LogP contribution in [0.5, 0.6) is 0 Å². The van der Waals surface area contributed by atoms with Gasteiger partial charge in [-0.15, -0.1) is 0 Å². The Bertz CT molecular complexity index is 829. The Labute approximate surface area is 155 Å². The van der Waals surface area contributed by atoms with Crippen LogP contribution in [0.1, 0.15) is 35.7 Å². The molecule has 132 valence electrons. The Kier molecular flexibility index (Phi) is 5.82. The molecule has 0 spiro atoms. The fraction of sp³-hybridized carbons (Fsp3) is 0.174. The van der Waals surface area contributed by atoms with Gasteiger partial charge in [0.1, 0.15) is 6.04 Å². The summed E-state index contributed by atoms with van der Waals surface area (Å²) in [6.07, 6.45) is 0. The minimum absolute atomic E-state index is 0.0465. The van der Waals surface area contributed by atoms with Gasteiger partial charge >= 0.3 is 0 Å². The molecule has 0 radical (unpaired) electrons. The highest BCUT2D eigenvalue weighted by Crippen LogP contribution is 2.21. The van der Waals surface area contributed by atoms with E-state index in [9.17, 15) is 4.79 Å². The molecule has 3 aromatic carbocycles. The van der Waals surface area contributed by atoms with Crippen LogP contribution in [0, 0.1) is 6.92 Å². The quantitative estimate of drug-likeness (QED) is 0.659. The van der Waals surface area contributed by atoms with Crippen molar-refractivity contribution in [3.05, 3.63) is 102 Å². The third kappa shape index (κ3) is 4.58. The lowest BCUT2D eigenvalue weighted by Crippen LogP contribution is -2.34. The highest BCUT2D eigenvalue weighted by molar-refractivity contribution is 5.95. The third-order valence-corrected chi connectivity index (χ3v) is 4.43. The summed E-state index contributed by atoms with van der Waals surface area (Å²) in [4.78, 5) is 13.0. The molecular formula is C23H24N2O. The molecule has 3 rings (SSSR count). The van der Waals surface area contributed by atoms with Crippen LogP contribution in [0.25, 0.3) is 0 Å². The highest BCUT2D eigenvalue weighted by Gasteiger charge is 2.23. The summed E-state index contributed by atoms with van der Waals surface area (Å²) in [6.45, 7) is 4.10. The monoisotopic (exact) mass is 344 g/mol. The molecule has 2 N–H and O–H groups in total. The van der Waals surface area contributed by atoms with E-state index in [4.69, 9.17) is 0 Å². The first kappa shape index (κ1) is 17.9. The van der Waals surface area contributed by atoms with Gasteiger partial charge in [0, 0.05) is 11.7 Å². The zero-order chi connectivity index (χ0) is 18.4. The zero-order valence-corrected chi connectivity index (χ0v) is 15.1. The van der Waals surface area contributed by atoms with Crippen molar-refractivity contribution in [2.24, 2.45) is 0 Å². The summed E-state index contributed by atoms with van der Waals surface area (Å²) in [5.74, 6) is -0.0668. The fourth-order valence-electron chi connectivity index (χ4n) is 2.91. The number of rotatable bonds is 6. The number of nitrogens with one attached hydrogen (secondary N) is 2. The average molecular weight is 344 g/mol. The number of amides is 1. The Hall–Kier alpha value is -2.91. The molecule has 26 heavy (non-hydrogen) atoms. The first-order valence-electron chi connectivity index (χ1n) is 8.87. The molecule has 0 saturated carbocycles. The van der Waals surface area contributed by atoms with E-state index >= 15 is 0 Å². The van der Waals surface area contributed by atoms with Crippen LogP contribution in [-0.2, 0) is 4.79 Å². The number of carbonyl (C=O) groups is 1. The predicted molar refractivity (Wildman–Crippen MR) is 107 cm³/mol. The minimum atomic E-state index is -0.437. The van der Waals surface area contributed by atoms with Crippen LogP contribution in [0.2, 0.25) is 0 Å². The van der Waals surface area contributed by atoms with Gasteiger partial charge in [-0.3, -0.25) is 10.1 Å². The Balaban J connectivity index is 1.81. The second kappa shape index (κ2) is 8.45. The second-order valence-electron chi connectivity index (χ2n) is 6.50. The van der Waals surface area contributed by atoms with Crippen molar-refractivity contribution < 1.29 is 4.79 Å². The van der Waals surface area contributed by atoms with Gasteiger partial charge < -0.3 is 5.32 Å². The molecule has 0 bridgehead atoms. The van der Waals surface area contributed by atoms with Crippen molar-refractivity contribution in [2.45, 2.75) is 25.9 Å². The molecule has 0 aliphatic rings. The Morgan fingerprint density at radius 1 is 0.769 bits per heavy atom. The van der Waals surface area contributed by atoms with E-state index in [2.05, 4.69) is 29.7 Å². The molecule has 3 heteroatoms. The van der Waals surface area contributed by atoms with Crippen LogP contribution >= 0.6 is 0 Å². The summed E-state index contributed by atoms with van der Waals surface area (Å²) < 4.78 is 0. The van der Waals surface area contributed by atoms with Crippen LogP contribution in [0.4, 0.5) is 5.69 Å². The van der Waals surface area contributed by atoms with Crippen molar-refractivity contribution in [1.29, 1.82) is 0 Å². The first-order valence-corrected chi connectivity index (χ1v) is 8.87. The molecule has 2 atom stereocenters. The van der Waals surface area contributed by atoms with Crippen molar-refractivity contribution in [3.63, 3.8) is 0 Å². The molecule has 0 heterocycles. The number of anilines is 1. The highest BCUT2D eigenvalue weighted by atomic mass is 16.2. The number of aryl methyl sites for hydroxylation is 1. The number of hydrogen-bond donors (Lipinski definition) is 2. The van der Waals surface area contributed by atoms with Gasteiger partial charge in [-0.25, -0.2) is 0 Å². The molecule has 3 nitrogen and oxygen atoms in total. The summed E-state index contributed by atoms with van der Waals surface area (Å²) >= 11 is 0. The molecule has 1 amide bonds. The Morgan fingerprint density at radius 3 is 1.88 bits per heavy atom. The molecule has 0 aliphatic carbocycles. The molecule has 0 aliphatic heterocycles. The minimum Gasteiger partial charge on any atom is -0.324 e. The van der Waals surface area contributed by atoms with Crippen molar-refractivity contribution in [3.8, 4) is 0 Å². The van der Waals surface area contributed by atoms with Gasteiger partial charge in [0.15, 0.2) is 0 Å². The summed E-state index contributed by atoms with van der Waals surface area (Å²) in [6, 6.07) is 27.4. The van der Waals surface area contributed by atoms with E-state index in [1.807, 2.05) is 79.7 Å². The van der Waals surface area contributed by atoms with Gasteiger partial charge in [-0.2, -0.15) is 0 Å². The topological polar surface area (TPSA) is 41.1 Å². The number of benzene rings is 3. The smallest absolute Gasteiger partial charge is 0.246 e. The van der Waals surface area contributed by atoms with Gasteiger partial charge in [0.05, 0.1) is 0 Å². The average Bonchev–Trinajstić information content (AvgIpc) is 2.69. The third-order valence-electron chi connectivity index (χ3n) is 4.43. The molecule has 0 unspecified atom stereocenters. The molecule has 0 saturated heterocycles. The lowest BCUT2D eigenvalue weighted by atomic mass is 10.0. The maximum absolute atomic E-state index is 13.0. The van der Waals surface area contributed by atoms with Crippen molar-refractivity contribution >= 4 is 11.6 Å². The predicted octanol–water partition coefficient (Wildman–Crippen LogP) is 5.03. The zero-order valence-electron chi connectivity index (χ0n) is 15.1. The van der Waals surface area contributed by atoms with Crippen LogP contribution in [0.3, 0.4) is 0 Å². The van der Waals surface area contributed by atoms with Gasteiger partial charge in [-0.05, 0) is 37.1 Å². The summed E-state index contributed by atoms with van der Waals surface area (Å²) in [7, 11) is 0. The largest absolute Gasteiger partial charge is 0.324 e.